The molecular weight excluding hydrogens is 365 g/mol. The summed E-state index contributed by atoms with van der Waals surface area (Å²) in [7, 11) is 0. The number of benzene rings is 1. The van der Waals surface area contributed by atoms with Crippen molar-refractivity contribution in [1.29, 1.82) is 0 Å². The van der Waals surface area contributed by atoms with E-state index in [4.69, 9.17) is 39.9 Å². The Labute approximate surface area is 145 Å². The van der Waals surface area contributed by atoms with Crippen LogP contribution in [0.15, 0.2) is 30.7 Å². The first-order chi connectivity index (χ1) is 10.9. The Bertz CT molecular complexity index is 866. The molecule has 0 spiro atoms. The van der Waals surface area contributed by atoms with Gasteiger partial charge in [0.1, 0.15) is 0 Å². The van der Waals surface area contributed by atoms with E-state index in [0.717, 1.165) is 5.56 Å². The molecular formula is C13H8Cl3N5O2. The fourth-order valence-corrected chi connectivity index (χ4v) is 2.56. The monoisotopic (exact) mass is 371 g/mol. The van der Waals surface area contributed by atoms with Crippen molar-refractivity contribution >= 4 is 40.8 Å². The van der Waals surface area contributed by atoms with Crippen LogP contribution in [0.2, 0.25) is 15.1 Å². The van der Waals surface area contributed by atoms with Crippen LogP contribution in [-0.4, -0.2) is 35.9 Å². The molecule has 0 bridgehead atoms. The SMILES string of the molecule is O=C(O)c1cnn(-c2cn(Cc3cc(Cl)c(Cl)c(Cl)c3)nn2)c1. The van der Waals surface area contributed by atoms with Gasteiger partial charge < -0.3 is 5.11 Å². The number of nitrogens with zero attached hydrogens (tertiary/aromatic N) is 5. The maximum Gasteiger partial charge on any atom is 0.338 e. The molecule has 0 aliphatic heterocycles. The fourth-order valence-electron chi connectivity index (χ4n) is 1.92. The zero-order valence-electron chi connectivity index (χ0n) is 11.3. The number of hydrogen-bond acceptors (Lipinski definition) is 4. The van der Waals surface area contributed by atoms with E-state index in [1.807, 2.05) is 0 Å². The summed E-state index contributed by atoms with van der Waals surface area (Å²) in [6.45, 7) is 0.372. The maximum atomic E-state index is 10.9. The topological polar surface area (TPSA) is 85.8 Å². The second-order valence-electron chi connectivity index (χ2n) is 4.63. The lowest BCUT2D eigenvalue weighted by Crippen LogP contribution is -2.00. The molecule has 1 N–H and O–H groups in total. The number of carbonyl (C=O) groups is 1. The van der Waals surface area contributed by atoms with Gasteiger partial charge in [0.05, 0.1) is 39.6 Å². The molecule has 3 aromatic rings. The van der Waals surface area contributed by atoms with Crippen molar-refractivity contribution in [3.63, 3.8) is 0 Å². The highest BCUT2D eigenvalue weighted by atomic mass is 35.5. The molecule has 118 valence electrons. The largest absolute Gasteiger partial charge is 0.478 e. The lowest BCUT2D eigenvalue weighted by Gasteiger charge is -2.05. The summed E-state index contributed by atoms with van der Waals surface area (Å²) >= 11 is 17.9. The van der Waals surface area contributed by atoms with Gasteiger partial charge in [-0.3, -0.25) is 0 Å². The summed E-state index contributed by atoms with van der Waals surface area (Å²) in [5, 5.41) is 21.7. The Morgan fingerprint density at radius 3 is 2.48 bits per heavy atom. The molecule has 1 aromatic carbocycles. The highest BCUT2D eigenvalue weighted by Gasteiger charge is 2.11. The number of hydrogen-bond donors (Lipinski definition) is 1. The van der Waals surface area contributed by atoms with Crippen LogP contribution >= 0.6 is 34.8 Å². The molecule has 2 aromatic heterocycles. The number of carboxylic acid groups (broad SMARTS) is 1. The summed E-state index contributed by atoms with van der Waals surface area (Å²) in [6, 6.07) is 3.38. The number of carboxylic acids is 1. The average Bonchev–Trinajstić information content (AvgIpc) is 3.13. The minimum absolute atomic E-state index is 0.0656. The average molecular weight is 373 g/mol. The lowest BCUT2D eigenvalue weighted by molar-refractivity contribution is 0.0697. The van der Waals surface area contributed by atoms with Crippen LogP contribution in [0.1, 0.15) is 15.9 Å². The molecule has 0 amide bonds. The minimum Gasteiger partial charge on any atom is -0.478 e. The molecule has 2 heterocycles. The smallest absolute Gasteiger partial charge is 0.338 e. The maximum absolute atomic E-state index is 10.9. The zero-order valence-corrected chi connectivity index (χ0v) is 13.6. The summed E-state index contributed by atoms with van der Waals surface area (Å²) in [6.07, 6.45) is 4.21. The van der Waals surface area contributed by atoms with Crippen molar-refractivity contribution in [2.75, 3.05) is 0 Å². The number of halogens is 3. The molecule has 0 atom stereocenters. The molecule has 0 unspecified atom stereocenters. The predicted octanol–water partition coefficient (Wildman–Crippen LogP) is 3.17. The van der Waals surface area contributed by atoms with Crippen LogP contribution in [0.5, 0.6) is 0 Å². The van der Waals surface area contributed by atoms with Crippen molar-refractivity contribution in [2.24, 2.45) is 0 Å². The minimum atomic E-state index is -1.06. The van der Waals surface area contributed by atoms with E-state index < -0.39 is 5.97 Å². The van der Waals surface area contributed by atoms with E-state index >= 15 is 0 Å². The normalized spacial score (nSPS) is 10.9. The third-order valence-electron chi connectivity index (χ3n) is 2.98. The Morgan fingerprint density at radius 2 is 1.87 bits per heavy atom. The van der Waals surface area contributed by atoms with Crippen molar-refractivity contribution in [2.45, 2.75) is 6.54 Å². The second-order valence-corrected chi connectivity index (χ2v) is 5.82. The number of aromatic carboxylic acids is 1. The molecule has 0 aliphatic carbocycles. The molecule has 0 fully saturated rings. The van der Waals surface area contributed by atoms with Gasteiger partial charge in [-0.05, 0) is 17.7 Å². The van der Waals surface area contributed by atoms with Crippen molar-refractivity contribution in [1.82, 2.24) is 24.8 Å². The molecule has 0 radical (unpaired) electrons. The van der Waals surface area contributed by atoms with Crippen molar-refractivity contribution in [3.8, 4) is 5.82 Å². The van der Waals surface area contributed by atoms with Crippen LogP contribution in [0.3, 0.4) is 0 Å². The van der Waals surface area contributed by atoms with Gasteiger partial charge in [0.25, 0.3) is 0 Å². The van der Waals surface area contributed by atoms with E-state index in [1.165, 1.54) is 17.1 Å². The fraction of sp³-hybridized carbons (Fsp3) is 0.0769. The first-order valence-electron chi connectivity index (χ1n) is 6.26. The molecule has 3 rings (SSSR count). The predicted molar refractivity (Wildman–Crippen MR) is 84.7 cm³/mol. The van der Waals surface area contributed by atoms with E-state index in [-0.39, 0.29) is 5.56 Å². The third-order valence-corrected chi connectivity index (χ3v) is 4.18. The lowest BCUT2D eigenvalue weighted by atomic mass is 10.2. The van der Waals surface area contributed by atoms with Gasteiger partial charge in [-0.1, -0.05) is 40.0 Å². The molecule has 23 heavy (non-hydrogen) atoms. The summed E-state index contributed by atoms with van der Waals surface area (Å²) in [5.74, 6) is -0.669. The summed E-state index contributed by atoms with van der Waals surface area (Å²) in [4.78, 5) is 10.9. The van der Waals surface area contributed by atoms with Gasteiger partial charge in [-0.15, -0.1) is 5.10 Å². The Hall–Kier alpha value is -2.09. The number of rotatable bonds is 4. The Morgan fingerprint density at radius 1 is 1.17 bits per heavy atom. The second kappa shape index (κ2) is 6.19. The van der Waals surface area contributed by atoms with Gasteiger partial charge in [-0.25, -0.2) is 14.2 Å². The van der Waals surface area contributed by atoms with Crippen molar-refractivity contribution in [3.05, 3.63) is 56.9 Å². The highest BCUT2D eigenvalue weighted by molar-refractivity contribution is 6.48. The van der Waals surface area contributed by atoms with Gasteiger partial charge in [0, 0.05) is 6.20 Å². The van der Waals surface area contributed by atoms with Gasteiger partial charge in [0.15, 0.2) is 5.82 Å². The Kier molecular flexibility index (Phi) is 4.25. The van der Waals surface area contributed by atoms with E-state index in [9.17, 15) is 4.79 Å². The van der Waals surface area contributed by atoms with Crippen LogP contribution < -0.4 is 0 Å². The molecule has 7 nitrogen and oxygen atoms in total. The van der Waals surface area contributed by atoms with Crippen molar-refractivity contribution < 1.29 is 9.90 Å². The van der Waals surface area contributed by atoms with Gasteiger partial charge >= 0.3 is 5.97 Å². The highest BCUT2D eigenvalue weighted by Crippen LogP contribution is 2.31. The summed E-state index contributed by atoms with van der Waals surface area (Å²) < 4.78 is 2.88. The number of aromatic nitrogens is 5. The zero-order chi connectivity index (χ0) is 16.6. The quantitative estimate of drug-likeness (QED) is 0.711. The molecule has 10 heteroatoms. The van der Waals surface area contributed by atoms with E-state index in [2.05, 4.69) is 15.4 Å². The first-order valence-corrected chi connectivity index (χ1v) is 7.39. The summed E-state index contributed by atoms with van der Waals surface area (Å²) in [5.41, 5.74) is 0.864. The first kappa shape index (κ1) is 15.8. The third kappa shape index (κ3) is 3.31. The molecule has 0 saturated carbocycles. The van der Waals surface area contributed by atoms with Gasteiger partial charge in [0.2, 0.25) is 0 Å². The van der Waals surface area contributed by atoms with Crippen LogP contribution in [-0.2, 0) is 6.54 Å². The molecule has 0 saturated heterocycles. The van der Waals surface area contributed by atoms with E-state index in [0.29, 0.717) is 27.4 Å². The molecule has 0 aliphatic rings. The van der Waals surface area contributed by atoms with Crippen LogP contribution in [0.25, 0.3) is 5.82 Å². The Balaban J connectivity index is 1.83. The van der Waals surface area contributed by atoms with E-state index in [1.54, 1.807) is 23.0 Å². The van der Waals surface area contributed by atoms with Crippen LogP contribution in [0, 0.1) is 0 Å². The standard InChI is InChI=1S/C13H8Cl3N5O2/c14-9-1-7(2-10(15)12(9)16)4-20-6-11(18-19-20)21-5-8(3-17-21)13(22)23/h1-3,5-6H,4H2,(H,22,23). The van der Waals surface area contributed by atoms with Gasteiger partial charge in [-0.2, -0.15) is 5.10 Å². The van der Waals surface area contributed by atoms with Crippen LogP contribution in [0.4, 0.5) is 0 Å².